The van der Waals surface area contributed by atoms with Gasteiger partial charge in [0.2, 0.25) is 0 Å². The lowest BCUT2D eigenvalue weighted by molar-refractivity contribution is 0.177. The van der Waals surface area contributed by atoms with Crippen LogP contribution >= 0.6 is 11.6 Å². The summed E-state index contributed by atoms with van der Waals surface area (Å²) >= 11 is 6.07. The summed E-state index contributed by atoms with van der Waals surface area (Å²) in [5, 5.41) is 4.25. The molecule has 1 aliphatic heterocycles. The number of benzene rings is 1. The molecule has 1 atom stereocenters. The van der Waals surface area contributed by atoms with Crippen LogP contribution in [0.5, 0.6) is 0 Å². The van der Waals surface area contributed by atoms with Gasteiger partial charge in [0.05, 0.1) is 6.61 Å². The number of nitrogens with zero attached hydrogens (tertiary/aromatic N) is 2. The van der Waals surface area contributed by atoms with Gasteiger partial charge in [-0.15, -0.1) is 0 Å². The topological polar surface area (TPSA) is 27.7 Å². The highest BCUT2D eigenvalue weighted by Crippen LogP contribution is 2.21. The van der Waals surface area contributed by atoms with Crippen LogP contribution in [0.2, 0.25) is 5.02 Å². The predicted molar refractivity (Wildman–Crippen MR) is 89.4 cm³/mol. The van der Waals surface area contributed by atoms with E-state index in [1.54, 1.807) is 7.11 Å². The average Bonchev–Trinajstić information content (AvgIpc) is 2.51. The number of anilines is 1. The molecule has 0 radical (unpaired) electrons. The van der Waals surface area contributed by atoms with Crippen molar-refractivity contribution in [2.45, 2.75) is 13.0 Å². The lowest BCUT2D eigenvalue weighted by Gasteiger charge is -2.39. The number of hydrogen-bond donors (Lipinski definition) is 1. The number of ether oxygens (including phenoxy) is 1. The Balaban J connectivity index is 1.75. The fraction of sp³-hybridized carbons (Fsp3) is 0.625. The van der Waals surface area contributed by atoms with E-state index < -0.39 is 0 Å². The van der Waals surface area contributed by atoms with Crippen molar-refractivity contribution >= 4 is 17.3 Å². The van der Waals surface area contributed by atoms with Crippen molar-refractivity contribution in [1.29, 1.82) is 0 Å². The average molecular weight is 312 g/mol. The lowest BCUT2D eigenvalue weighted by Crippen LogP contribution is -2.52. The molecule has 21 heavy (non-hydrogen) atoms. The van der Waals surface area contributed by atoms with Crippen molar-refractivity contribution in [2.24, 2.45) is 0 Å². The monoisotopic (exact) mass is 311 g/mol. The van der Waals surface area contributed by atoms with Gasteiger partial charge in [-0.05, 0) is 25.1 Å². The Hall–Kier alpha value is -0.810. The Kier molecular flexibility index (Phi) is 6.77. The molecule has 0 bridgehead atoms. The minimum absolute atomic E-state index is 0.559. The van der Waals surface area contributed by atoms with Crippen LogP contribution in [-0.4, -0.2) is 63.9 Å². The maximum atomic E-state index is 6.07. The molecule has 1 heterocycles. The van der Waals surface area contributed by atoms with E-state index in [4.69, 9.17) is 16.3 Å². The molecule has 0 aliphatic carbocycles. The van der Waals surface area contributed by atoms with E-state index in [0.717, 1.165) is 50.9 Å². The molecule has 0 aromatic heterocycles. The summed E-state index contributed by atoms with van der Waals surface area (Å²) in [5.41, 5.74) is 1.23. The molecular formula is C16H26ClN3O. The van der Waals surface area contributed by atoms with Crippen molar-refractivity contribution < 1.29 is 4.74 Å². The van der Waals surface area contributed by atoms with Gasteiger partial charge < -0.3 is 15.0 Å². The van der Waals surface area contributed by atoms with Gasteiger partial charge in [0.25, 0.3) is 0 Å². The van der Waals surface area contributed by atoms with Crippen LogP contribution in [0.25, 0.3) is 0 Å². The summed E-state index contributed by atoms with van der Waals surface area (Å²) in [6.07, 6.45) is 0. The number of hydrogen-bond acceptors (Lipinski definition) is 4. The Morgan fingerprint density at radius 2 is 2.05 bits per heavy atom. The van der Waals surface area contributed by atoms with Gasteiger partial charge >= 0.3 is 0 Å². The standard InChI is InChI=1S/C16H26ClN3O/c1-14(13-18-6-11-21-2)19-7-9-20(10-8-19)16-5-3-4-15(17)12-16/h3-5,12,14,18H,6-11,13H2,1-2H3. The zero-order chi connectivity index (χ0) is 15.1. The van der Waals surface area contributed by atoms with Crippen LogP contribution in [0.4, 0.5) is 5.69 Å². The smallest absolute Gasteiger partial charge is 0.0587 e. The fourth-order valence-corrected chi connectivity index (χ4v) is 2.89. The number of nitrogens with one attached hydrogen (secondary N) is 1. The van der Waals surface area contributed by atoms with Gasteiger partial charge in [-0.25, -0.2) is 0 Å². The molecule has 1 unspecified atom stereocenters. The van der Waals surface area contributed by atoms with E-state index in [2.05, 4.69) is 28.1 Å². The Labute approximate surface area is 133 Å². The third-order valence-electron chi connectivity index (χ3n) is 4.03. The van der Waals surface area contributed by atoms with Crippen molar-refractivity contribution in [3.8, 4) is 0 Å². The van der Waals surface area contributed by atoms with Gasteiger partial charge in [-0.1, -0.05) is 17.7 Å². The summed E-state index contributed by atoms with van der Waals surface area (Å²) in [7, 11) is 1.74. The molecule has 5 heteroatoms. The molecule has 1 N–H and O–H groups in total. The third-order valence-corrected chi connectivity index (χ3v) is 4.27. The van der Waals surface area contributed by atoms with E-state index >= 15 is 0 Å². The minimum Gasteiger partial charge on any atom is -0.383 e. The molecule has 118 valence electrons. The fourth-order valence-electron chi connectivity index (χ4n) is 2.71. The SMILES string of the molecule is COCCNCC(C)N1CCN(c2cccc(Cl)c2)CC1. The van der Waals surface area contributed by atoms with Gasteiger partial charge in [-0.3, -0.25) is 4.90 Å². The second-order valence-corrected chi connectivity index (χ2v) is 5.99. The molecular weight excluding hydrogens is 286 g/mol. The van der Waals surface area contributed by atoms with Crippen LogP contribution in [0, 0.1) is 0 Å². The Bertz CT molecular complexity index is 422. The molecule has 0 spiro atoms. The molecule has 4 nitrogen and oxygen atoms in total. The molecule has 1 saturated heterocycles. The van der Waals surface area contributed by atoms with Crippen LogP contribution in [0.3, 0.4) is 0 Å². The summed E-state index contributed by atoms with van der Waals surface area (Å²) in [4.78, 5) is 4.95. The van der Waals surface area contributed by atoms with E-state index in [9.17, 15) is 0 Å². The molecule has 1 aromatic rings. The van der Waals surface area contributed by atoms with Gasteiger partial charge in [0.15, 0.2) is 0 Å². The molecule has 1 fully saturated rings. The van der Waals surface area contributed by atoms with Gasteiger partial charge in [0.1, 0.15) is 0 Å². The molecule has 1 aliphatic rings. The predicted octanol–water partition coefficient (Wildman–Crippen LogP) is 2.09. The lowest BCUT2D eigenvalue weighted by atomic mass is 10.2. The summed E-state index contributed by atoms with van der Waals surface area (Å²) in [6, 6.07) is 8.69. The second-order valence-electron chi connectivity index (χ2n) is 5.55. The Morgan fingerprint density at radius 3 is 2.71 bits per heavy atom. The largest absolute Gasteiger partial charge is 0.383 e. The van der Waals surface area contributed by atoms with Crippen LogP contribution in [0.15, 0.2) is 24.3 Å². The summed E-state index contributed by atoms with van der Waals surface area (Å²) < 4.78 is 5.05. The molecule has 0 saturated carbocycles. The maximum absolute atomic E-state index is 6.07. The first-order valence-corrected chi connectivity index (χ1v) is 8.02. The highest BCUT2D eigenvalue weighted by Gasteiger charge is 2.21. The molecule has 1 aromatic carbocycles. The summed E-state index contributed by atoms with van der Waals surface area (Å²) in [5.74, 6) is 0. The number of methoxy groups -OCH3 is 1. The van der Waals surface area contributed by atoms with Crippen LogP contribution < -0.4 is 10.2 Å². The number of halogens is 1. The van der Waals surface area contributed by atoms with E-state index in [-0.39, 0.29) is 0 Å². The Morgan fingerprint density at radius 1 is 1.29 bits per heavy atom. The van der Waals surface area contributed by atoms with Crippen molar-refractivity contribution in [1.82, 2.24) is 10.2 Å². The summed E-state index contributed by atoms with van der Waals surface area (Å²) in [6.45, 7) is 9.30. The zero-order valence-electron chi connectivity index (χ0n) is 13.0. The second kappa shape index (κ2) is 8.59. The first-order valence-electron chi connectivity index (χ1n) is 7.65. The highest BCUT2D eigenvalue weighted by atomic mass is 35.5. The highest BCUT2D eigenvalue weighted by molar-refractivity contribution is 6.30. The number of piperazine rings is 1. The maximum Gasteiger partial charge on any atom is 0.0587 e. The molecule has 0 amide bonds. The van der Waals surface area contributed by atoms with Crippen molar-refractivity contribution in [2.75, 3.05) is 57.9 Å². The van der Waals surface area contributed by atoms with E-state index in [1.807, 2.05) is 18.2 Å². The quantitative estimate of drug-likeness (QED) is 0.780. The van der Waals surface area contributed by atoms with Crippen LogP contribution in [0.1, 0.15) is 6.92 Å². The third kappa shape index (κ3) is 5.15. The normalized spacial score (nSPS) is 18.0. The minimum atomic E-state index is 0.559. The van der Waals surface area contributed by atoms with Crippen molar-refractivity contribution in [3.05, 3.63) is 29.3 Å². The van der Waals surface area contributed by atoms with Gasteiger partial charge in [-0.2, -0.15) is 0 Å². The van der Waals surface area contributed by atoms with Crippen LogP contribution in [-0.2, 0) is 4.74 Å². The number of rotatable bonds is 7. The van der Waals surface area contributed by atoms with E-state index in [0.29, 0.717) is 6.04 Å². The zero-order valence-corrected chi connectivity index (χ0v) is 13.8. The molecule has 2 rings (SSSR count). The first kappa shape index (κ1) is 16.6. The van der Waals surface area contributed by atoms with E-state index in [1.165, 1.54) is 5.69 Å². The van der Waals surface area contributed by atoms with Gasteiger partial charge in [0, 0.05) is 63.1 Å². The first-order chi connectivity index (χ1) is 10.2. The van der Waals surface area contributed by atoms with Crippen molar-refractivity contribution in [3.63, 3.8) is 0 Å².